The third kappa shape index (κ3) is 32.4. The molecule has 0 heterocycles. The van der Waals surface area contributed by atoms with E-state index in [1.54, 1.807) is 0 Å². The molecule has 0 aliphatic rings. The molecule has 0 nitrogen and oxygen atoms in total. The molecule has 0 fully saturated rings. The highest BCUT2D eigenvalue weighted by Crippen LogP contribution is 2.11. The lowest BCUT2D eigenvalue weighted by molar-refractivity contribution is 0.571. The van der Waals surface area contributed by atoms with Gasteiger partial charge in [-0.2, -0.15) is 0 Å². The van der Waals surface area contributed by atoms with E-state index in [0.29, 0.717) is 0 Å². The topological polar surface area (TPSA) is 0 Å². The summed E-state index contributed by atoms with van der Waals surface area (Å²) in [5, 5.41) is 0. The predicted octanol–water partition coefficient (Wildman–Crippen LogP) is 12.9. The van der Waals surface area contributed by atoms with E-state index >= 15 is 0 Å². The van der Waals surface area contributed by atoms with Gasteiger partial charge in [0.05, 0.1) is 0 Å². The maximum absolute atomic E-state index is 2.38. The summed E-state index contributed by atoms with van der Waals surface area (Å²) >= 11 is 0. The minimum atomic E-state index is 1.09. The largest absolute Gasteiger partial charge is 0.0882 e. The van der Waals surface area contributed by atoms with E-state index in [9.17, 15) is 0 Å². The summed E-state index contributed by atoms with van der Waals surface area (Å²) in [6, 6.07) is 0. The van der Waals surface area contributed by atoms with Crippen LogP contribution in [-0.2, 0) is 0 Å². The van der Waals surface area contributed by atoms with Gasteiger partial charge in [-0.25, -0.2) is 0 Å². The number of unbranched alkanes of at least 4 members (excludes halogenated alkanes) is 15. The minimum Gasteiger partial charge on any atom is -0.0882 e. The van der Waals surface area contributed by atoms with E-state index in [4.69, 9.17) is 0 Å². The Labute approximate surface area is 227 Å². The van der Waals surface area contributed by atoms with Gasteiger partial charge in [0.25, 0.3) is 0 Å². The molecule has 0 saturated carbocycles. The van der Waals surface area contributed by atoms with Crippen molar-refractivity contribution >= 4 is 0 Å². The van der Waals surface area contributed by atoms with Crippen molar-refractivity contribution in [3.63, 3.8) is 0 Å². The van der Waals surface area contributed by atoms with E-state index in [1.165, 1.54) is 116 Å². The molecule has 0 heteroatoms. The highest BCUT2D eigenvalue weighted by molar-refractivity contribution is 4.98. The highest BCUT2D eigenvalue weighted by atomic mass is 14.0. The average molecular weight is 495 g/mol. The molecule has 0 amide bonds. The zero-order valence-electron chi connectivity index (χ0n) is 24.5. The van der Waals surface area contributed by atoms with Gasteiger partial charge < -0.3 is 0 Å². The van der Waals surface area contributed by atoms with Crippen LogP contribution in [0.25, 0.3) is 0 Å². The van der Waals surface area contributed by atoms with Gasteiger partial charge in [0.1, 0.15) is 0 Å². The number of allylic oxidation sites excluding steroid dienone is 12. The van der Waals surface area contributed by atoms with E-state index in [-0.39, 0.29) is 0 Å². The molecule has 36 heavy (non-hydrogen) atoms. The fraction of sp³-hybridized carbons (Fsp3) is 0.667. The van der Waals surface area contributed by atoms with Crippen LogP contribution in [0.2, 0.25) is 0 Å². The maximum atomic E-state index is 2.38. The molecule has 0 aromatic rings. The average Bonchev–Trinajstić information content (AvgIpc) is 2.89. The van der Waals surface area contributed by atoms with Crippen LogP contribution < -0.4 is 0 Å². The molecular weight excluding hydrogens is 432 g/mol. The molecule has 0 aliphatic carbocycles. The molecular formula is C36H62. The van der Waals surface area contributed by atoms with Crippen molar-refractivity contribution in [3.8, 4) is 0 Å². The summed E-state index contributed by atoms with van der Waals surface area (Å²) in [5.74, 6) is 0. The Morgan fingerprint density at radius 3 is 0.750 bits per heavy atom. The molecule has 0 spiro atoms. The van der Waals surface area contributed by atoms with Crippen LogP contribution in [-0.4, -0.2) is 0 Å². The Kier molecular flexibility index (Phi) is 32.0. The Hall–Kier alpha value is -1.56. The van der Waals surface area contributed by atoms with Crippen molar-refractivity contribution in [1.82, 2.24) is 0 Å². The van der Waals surface area contributed by atoms with Crippen molar-refractivity contribution in [2.24, 2.45) is 0 Å². The molecule has 0 rings (SSSR count). The summed E-state index contributed by atoms with van der Waals surface area (Å²) in [6.45, 7) is 4.53. The van der Waals surface area contributed by atoms with Gasteiger partial charge in [0.15, 0.2) is 0 Å². The van der Waals surface area contributed by atoms with Crippen molar-refractivity contribution < 1.29 is 0 Å². The van der Waals surface area contributed by atoms with Gasteiger partial charge in [-0.3, -0.25) is 0 Å². The second-order valence-corrected chi connectivity index (χ2v) is 10.2. The van der Waals surface area contributed by atoms with Crippen LogP contribution in [0, 0.1) is 0 Å². The number of hydrogen-bond acceptors (Lipinski definition) is 0. The van der Waals surface area contributed by atoms with Gasteiger partial charge in [-0.05, 0) is 77.0 Å². The lowest BCUT2D eigenvalue weighted by Crippen LogP contribution is -1.81. The summed E-state index contributed by atoms with van der Waals surface area (Å²) in [6.07, 6.45) is 56.5. The van der Waals surface area contributed by atoms with Gasteiger partial charge >= 0.3 is 0 Å². The number of rotatable bonds is 27. The Morgan fingerprint density at radius 2 is 0.472 bits per heavy atom. The van der Waals surface area contributed by atoms with Gasteiger partial charge in [-0.1, -0.05) is 151 Å². The molecule has 0 atom stereocenters. The second kappa shape index (κ2) is 33.4. The lowest BCUT2D eigenvalue weighted by Gasteiger charge is -2.00. The van der Waals surface area contributed by atoms with Crippen LogP contribution in [0.15, 0.2) is 72.9 Å². The monoisotopic (exact) mass is 494 g/mol. The summed E-state index contributed by atoms with van der Waals surface area (Å²) in [5.41, 5.74) is 0. The van der Waals surface area contributed by atoms with Crippen LogP contribution in [0.3, 0.4) is 0 Å². The Morgan fingerprint density at radius 1 is 0.250 bits per heavy atom. The lowest BCUT2D eigenvalue weighted by atomic mass is 10.1. The Balaban J connectivity index is 3.29. The zero-order valence-corrected chi connectivity index (χ0v) is 24.5. The molecule has 0 saturated heterocycles. The zero-order chi connectivity index (χ0) is 26.0. The summed E-state index contributed by atoms with van der Waals surface area (Å²) in [4.78, 5) is 0. The van der Waals surface area contributed by atoms with Crippen molar-refractivity contribution in [3.05, 3.63) is 72.9 Å². The molecule has 0 bridgehead atoms. The fourth-order valence-electron chi connectivity index (χ4n) is 4.16. The smallest absolute Gasteiger partial charge is 0.0169 e. The van der Waals surface area contributed by atoms with Crippen LogP contribution in [0.4, 0.5) is 0 Å². The second-order valence-electron chi connectivity index (χ2n) is 10.2. The van der Waals surface area contributed by atoms with Crippen molar-refractivity contribution in [1.29, 1.82) is 0 Å². The van der Waals surface area contributed by atoms with Crippen LogP contribution >= 0.6 is 0 Å². The van der Waals surface area contributed by atoms with E-state index in [0.717, 1.165) is 25.7 Å². The number of hydrogen-bond donors (Lipinski definition) is 0. The first-order valence-electron chi connectivity index (χ1n) is 15.8. The molecule has 0 radical (unpaired) electrons. The fourth-order valence-corrected chi connectivity index (χ4v) is 4.16. The van der Waals surface area contributed by atoms with Gasteiger partial charge in [0.2, 0.25) is 0 Å². The third-order valence-corrected chi connectivity index (χ3v) is 6.53. The van der Waals surface area contributed by atoms with Gasteiger partial charge in [-0.15, -0.1) is 0 Å². The minimum absolute atomic E-state index is 1.09. The highest BCUT2D eigenvalue weighted by Gasteiger charge is 1.91. The SMILES string of the molecule is CCCCC/C=C\C/C=C\C/C=C\CCCCCCCCCC/C=C\C/C=C\C/C=C\CCCCC. The van der Waals surface area contributed by atoms with E-state index in [1.807, 2.05) is 0 Å². The molecule has 206 valence electrons. The van der Waals surface area contributed by atoms with Crippen LogP contribution in [0.5, 0.6) is 0 Å². The molecule has 0 aromatic carbocycles. The summed E-state index contributed by atoms with van der Waals surface area (Å²) in [7, 11) is 0. The standard InChI is InChI=1S/C36H62/c1-3-5-7-9-11-13-15-17-19-21-23-25-27-29-31-33-35-36-34-32-30-28-26-24-22-20-18-16-14-12-10-8-6-4-2/h11-14,17-20,23-26H,3-10,15-16,21-22,27-36H2,1-2H3/b13-11-,14-12-,19-17-,20-18-,25-23-,26-24-. The maximum Gasteiger partial charge on any atom is -0.0169 e. The first-order valence-corrected chi connectivity index (χ1v) is 15.8. The predicted molar refractivity (Wildman–Crippen MR) is 168 cm³/mol. The Bertz CT molecular complexity index is 517. The van der Waals surface area contributed by atoms with E-state index in [2.05, 4.69) is 86.8 Å². The van der Waals surface area contributed by atoms with Gasteiger partial charge in [0, 0.05) is 0 Å². The normalized spacial score (nSPS) is 12.8. The van der Waals surface area contributed by atoms with Crippen molar-refractivity contribution in [2.75, 3.05) is 0 Å². The van der Waals surface area contributed by atoms with Crippen LogP contribution in [0.1, 0.15) is 155 Å². The molecule has 0 aromatic heterocycles. The first-order chi connectivity index (χ1) is 17.9. The molecule has 0 unspecified atom stereocenters. The van der Waals surface area contributed by atoms with Crippen molar-refractivity contribution in [2.45, 2.75) is 155 Å². The summed E-state index contributed by atoms with van der Waals surface area (Å²) < 4.78 is 0. The quantitative estimate of drug-likeness (QED) is 0.0786. The molecule has 0 N–H and O–H groups in total. The third-order valence-electron chi connectivity index (χ3n) is 6.53. The molecule has 0 aliphatic heterocycles. The van der Waals surface area contributed by atoms with E-state index < -0.39 is 0 Å². The first kappa shape index (κ1) is 34.4.